The number of amides is 2. The Morgan fingerprint density at radius 3 is 2.21 bits per heavy atom. The van der Waals surface area contributed by atoms with Gasteiger partial charge in [-0.2, -0.15) is 0 Å². The largest absolute Gasteiger partial charge is 0.338 e. The molecule has 152 valence electrons. The molecule has 2 saturated heterocycles. The Kier molecular flexibility index (Phi) is 5.83. The van der Waals surface area contributed by atoms with E-state index in [4.69, 9.17) is 23.2 Å². The van der Waals surface area contributed by atoms with Gasteiger partial charge in [0.15, 0.2) is 0 Å². The number of nitrogens with zero attached hydrogens (tertiary/aromatic N) is 2. The van der Waals surface area contributed by atoms with Gasteiger partial charge in [-0.1, -0.05) is 40.9 Å². The average molecular weight is 449 g/mol. The van der Waals surface area contributed by atoms with E-state index in [2.05, 4.69) is 0 Å². The zero-order chi connectivity index (χ0) is 20.6. The van der Waals surface area contributed by atoms with Crippen LogP contribution in [0, 0.1) is 6.92 Å². The summed E-state index contributed by atoms with van der Waals surface area (Å²) >= 11 is 13.9. The Morgan fingerprint density at radius 2 is 1.55 bits per heavy atom. The number of carbonyl (C=O) groups excluding carboxylic acids is 2. The van der Waals surface area contributed by atoms with Gasteiger partial charge in [0.1, 0.15) is 0 Å². The van der Waals surface area contributed by atoms with Crippen molar-refractivity contribution in [3.05, 3.63) is 69.2 Å². The van der Waals surface area contributed by atoms with Gasteiger partial charge in [0.25, 0.3) is 11.8 Å². The summed E-state index contributed by atoms with van der Waals surface area (Å²) in [6, 6.07) is 12.7. The van der Waals surface area contributed by atoms with E-state index < -0.39 is 0 Å². The number of hydrogen-bond donors (Lipinski definition) is 0. The number of benzene rings is 2. The van der Waals surface area contributed by atoms with Crippen molar-refractivity contribution < 1.29 is 9.59 Å². The van der Waals surface area contributed by atoms with Crippen LogP contribution < -0.4 is 0 Å². The number of carbonyl (C=O) groups is 2. The molecule has 2 heterocycles. The van der Waals surface area contributed by atoms with Crippen molar-refractivity contribution in [2.75, 3.05) is 25.4 Å². The van der Waals surface area contributed by atoms with Gasteiger partial charge in [0.2, 0.25) is 0 Å². The van der Waals surface area contributed by atoms with Crippen molar-refractivity contribution in [1.29, 1.82) is 0 Å². The highest BCUT2D eigenvalue weighted by atomic mass is 35.5. The third-order valence-electron chi connectivity index (χ3n) is 5.72. The first-order chi connectivity index (χ1) is 13.9. The molecular weight excluding hydrogens is 427 g/mol. The minimum absolute atomic E-state index is 0.0214. The molecule has 2 aromatic carbocycles. The molecule has 0 saturated carbocycles. The molecule has 0 atom stereocenters. The molecule has 0 bridgehead atoms. The Morgan fingerprint density at radius 1 is 0.897 bits per heavy atom. The minimum atomic E-state index is -0.257. The molecule has 0 aliphatic carbocycles. The lowest BCUT2D eigenvalue weighted by atomic mass is 10.00. The van der Waals surface area contributed by atoms with E-state index in [0.717, 1.165) is 29.7 Å². The summed E-state index contributed by atoms with van der Waals surface area (Å²) in [7, 11) is 0. The molecule has 0 aromatic heterocycles. The molecule has 2 aromatic rings. The number of hydrogen-bond acceptors (Lipinski definition) is 3. The van der Waals surface area contributed by atoms with Crippen molar-refractivity contribution >= 4 is 46.8 Å². The molecule has 7 heteroatoms. The van der Waals surface area contributed by atoms with Gasteiger partial charge in [0, 0.05) is 36.5 Å². The second-order valence-corrected chi connectivity index (χ2v) is 9.81. The van der Waals surface area contributed by atoms with Crippen molar-refractivity contribution in [2.45, 2.75) is 24.6 Å². The van der Waals surface area contributed by atoms with Crippen LogP contribution in [0.15, 0.2) is 42.5 Å². The van der Waals surface area contributed by atoms with Gasteiger partial charge in [-0.05, 0) is 50.1 Å². The van der Waals surface area contributed by atoms with Gasteiger partial charge in [-0.3, -0.25) is 9.59 Å². The lowest BCUT2D eigenvalue weighted by Crippen LogP contribution is -2.53. The summed E-state index contributed by atoms with van der Waals surface area (Å²) in [5.41, 5.74) is 2.41. The topological polar surface area (TPSA) is 40.6 Å². The normalized spacial score (nSPS) is 18.3. The van der Waals surface area contributed by atoms with Crippen LogP contribution in [0.5, 0.6) is 0 Å². The maximum Gasteiger partial charge on any atom is 0.255 e. The van der Waals surface area contributed by atoms with E-state index in [-0.39, 0.29) is 16.7 Å². The second kappa shape index (κ2) is 8.21. The predicted octanol–water partition coefficient (Wildman–Crippen LogP) is 5.12. The molecule has 0 N–H and O–H groups in total. The molecule has 2 amide bonds. The maximum atomic E-state index is 13.2. The molecule has 0 radical (unpaired) electrons. The van der Waals surface area contributed by atoms with Crippen molar-refractivity contribution in [3.63, 3.8) is 0 Å². The fraction of sp³-hybridized carbons (Fsp3) is 0.364. The number of aryl methyl sites for hydroxylation is 1. The number of halogens is 2. The van der Waals surface area contributed by atoms with Gasteiger partial charge >= 0.3 is 0 Å². The zero-order valence-electron chi connectivity index (χ0n) is 16.2. The molecule has 29 heavy (non-hydrogen) atoms. The highest BCUT2D eigenvalue weighted by Gasteiger charge is 2.47. The summed E-state index contributed by atoms with van der Waals surface area (Å²) in [5.74, 6) is 0.941. The van der Waals surface area contributed by atoms with Crippen molar-refractivity contribution in [3.8, 4) is 0 Å². The zero-order valence-corrected chi connectivity index (χ0v) is 18.5. The standard InChI is InChI=1S/C22H22Cl2N2O2S/c1-15-2-4-16(5-3-15)20(27)25-10-8-22(9-11-25)26(12-13-29-22)21(28)17-6-7-18(23)19(24)14-17/h2-7,14H,8-13H2,1H3. The van der Waals surface area contributed by atoms with Crippen molar-refractivity contribution in [2.24, 2.45) is 0 Å². The highest BCUT2D eigenvalue weighted by molar-refractivity contribution is 8.00. The molecule has 4 rings (SSSR count). The lowest BCUT2D eigenvalue weighted by Gasteiger charge is -2.44. The van der Waals surface area contributed by atoms with Crippen LogP contribution >= 0.6 is 35.0 Å². The lowest BCUT2D eigenvalue weighted by molar-refractivity contribution is 0.0498. The van der Waals surface area contributed by atoms with Crippen LogP contribution in [0.25, 0.3) is 0 Å². The number of piperidine rings is 1. The monoisotopic (exact) mass is 448 g/mol. The first kappa shape index (κ1) is 20.6. The number of rotatable bonds is 2. The fourth-order valence-corrected chi connectivity index (χ4v) is 5.79. The van der Waals surface area contributed by atoms with Gasteiger partial charge in [0.05, 0.1) is 14.9 Å². The van der Waals surface area contributed by atoms with E-state index in [9.17, 15) is 9.59 Å². The molecule has 1 spiro atoms. The third kappa shape index (κ3) is 4.00. The highest BCUT2D eigenvalue weighted by Crippen LogP contribution is 2.45. The predicted molar refractivity (Wildman–Crippen MR) is 119 cm³/mol. The van der Waals surface area contributed by atoms with Crippen LogP contribution in [0.1, 0.15) is 39.1 Å². The molecule has 2 aliphatic rings. The van der Waals surface area contributed by atoms with Crippen LogP contribution in [0.3, 0.4) is 0 Å². The molecule has 0 unspecified atom stereocenters. The first-order valence-corrected chi connectivity index (χ1v) is 11.4. The molecule has 2 fully saturated rings. The first-order valence-electron chi connectivity index (χ1n) is 9.67. The van der Waals surface area contributed by atoms with Crippen LogP contribution in [0.2, 0.25) is 10.0 Å². The van der Waals surface area contributed by atoms with E-state index in [0.29, 0.717) is 35.2 Å². The Hall–Kier alpha value is -1.69. The van der Waals surface area contributed by atoms with Crippen LogP contribution in [0.4, 0.5) is 0 Å². The fourth-order valence-electron chi connectivity index (χ4n) is 4.03. The van der Waals surface area contributed by atoms with Gasteiger partial charge in [-0.25, -0.2) is 0 Å². The van der Waals surface area contributed by atoms with Gasteiger partial charge in [-0.15, -0.1) is 11.8 Å². The minimum Gasteiger partial charge on any atom is -0.338 e. The summed E-state index contributed by atoms with van der Waals surface area (Å²) in [4.78, 5) is 29.6. The SMILES string of the molecule is Cc1ccc(C(=O)N2CCC3(CC2)SCCN3C(=O)c2ccc(Cl)c(Cl)c2)cc1. The maximum absolute atomic E-state index is 13.2. The van der Waals surface area contributed by atoms with E-state index in [1.807, 2.05) is 52.8 Å². The summed E-state index contributed by atoms with van der Waals surface area (Å²) < 4.78 is 0. The summed E-state index contributed by atoms with van der Waals surface area (Å²) in [5, 5.41) is 0.827. The molecule has 4 nitrogen and oxygen atoms in total. The molecule has 2 aliphatic heterocycles. The third-order valence-corrected chi connectivity index (χ3v) is 8.01. The van der Waals surface area contributed by atoms with E-state index in [1.165, 1.54) is 0 Å². The summed E-state index contributed by atoms with van der Waals surface area (Å²) in [6.45, 7) is 4.00. The average Bonchev–Trinajstić information content (AvgIpc) is 3.13. The smallest absolute Gasteiger partial charge is 0.255 e. The van der Waals surface area contributed by atoms with E-state index >= 15 is 0 Å². The quantitative estimate of drug-likeness (QED) is 0.639. The summed E-state index contributed by atoms with van der Waals surface area (Å²) in [6.07, 6.45) is 1.53. The second-order valence-electron chi connectivity index (χ2n) is 7.54. The van der Waals surface area contributed by atoms with Crippen molar-refractivity contribution in [1.82, 2.24) is 9.80 Å². The number of likely N-dealkylation sites (tertiary alicyclic amines) is 1. The van der Waals surface area contributed by atoms with Crippen LogP contribution in [-0.2, 0) is 0 Å². The Labute approximate surface area is 185 Å². The van der Waals surface area contributed by atoms with E-state index in [1.54, 1.807) is 18.2 Å². The molecular formula is C22H22Cl2N2O2S. The Balaban J connectivity index is 1.47. The number of thioether (sulfide) groups is 1. The van der Waals surface area contributed by atoms with Gasteiger partial charge < -0.3 is 9.80 Å². The Bertz CT molecular complexity index is 940. The van der Waals surface area contributed by atoms with Crippen LogP contribution in [-0.4, -0.2) is 51.9 Å².